The zero-order valence-corrected chi connectivity index (χ0v) is 13.7. The molecule has 1 atom stereocenters. The van der Waals surface area contributed by atoms with Gasteiger partial charge >= 0.3 is 6.03 Å². The first kappa shape index (κ1) is 16.1. The van der Waals surface area contributed by atoms with E-state index in [2.05, 4.69) is 10.6 Å². The lowest BCUT2D eigenvalue weighted by molar-refractivity contribution is -0.0261. The molecule has 1 aliphatic heterocycles. The molecule has 0 bridgehead atoms. The molecule has 2 aliphatic rings. The summed E-state index contributed by atoms with van der Waals surface area (Å²) in [6, 6.07) is 7.93. The molecule has 1 aromatic rings. The molecule has 0 saturated heterocycles. The third kappa shape index (κ3) is 4.38. The normalized spacial score (nSPS) is 25.7. The van der Waals surface area contributed by atoms with Gasteiger partial charge in [-0.1, -0.05) is 18.2 Å². The van der Waals surface area contributed by atoms with Crippen molar-refractivity contribution in [2.24, 2.45) is 5.92 Å². The number of para-hydroxylation sites is 1. The molecule has 5 heteroatoms. The second-order valence-electron chi connectivity index (χ2n) is 6.42. The Bertz CT molecular complexity index is 529. The number of benzene rings is 1. The van der Waals surface area contributed by atoms with Crippen LogP contribution in [0.2, 0.25) is 0 Å². The Labute approximate surface area is 137 Å². The van der Waals surface area contributed by atoms with Crippen LogP contribution in [0, 0.1) is 5.92 Å². The van der Waals surface area contributed by atoms with Crippen molar-refractivity contribution in [1.29, 1.82) is 0 Å². The van der Waals surface area contributed by atoms with Crippen LogP contribution in [0.25, 0.3) is 0 Å². The van der Waals surface area contributed by atoms with Crippen molar-refractivity contribution in [2.75, 3.05) is 19.8 Å². The largest absolute Gasteiger partial charge is 0.491 e. The summed E-state index contributed by atoms with van der Waals surface area (Å²) in [7, 11) is 0. The Morgan fingerprint density at radius 2 is 2.17 bits per heavy atom. The first-order valence-electron chi connectivity index (χ1n) is 8.61. The predicted octanol–water partition coefficient (Wildman–Crippen LogP) is 2.49. The quantitative estimate of drug-likeness (QED) is 0.847. The van der Waals surface area contributed by atoms with Gasteiger partial charge in [0, 0.05) is 13.2 Å². The monoisotopic (exact) mass is 318 g/mol. The van der Waals surface area contributed by atoms with Crippen molar-refractivity contribution in [3.63, 3.8) is 0 Å². The van der Waals surface area contributed by atoms with Crippen molar-refractivity contribution >= 4 is 6.03 Å². The number of urea groups is 1. The van der Waals surface area contributed by atoms with Crippen LogP contribution in [0.1, 0.15) is 31.7 Å². The zero-order chi connectivity index (χ0) is 16.1. The lowest BCUT2D eigenvalue weighted by Crippen LogP contribution is -2.47. The second kappa shape index (κ2) is 7.68. The van der Waals surface area contributed by atoms with E-state index in [1.807, 2.05) is 31.2 Å². The van der Waals surface area contributed by atoms with Gasteiger partial charge in [-0.25, -0.2) is 4.79 Å². The van der Waals surface area contributed by atoms with E-state index in [9.17, 15) is 4.79 Å². The SMILES string of the molecule is CCOC1CC(CCNC(=O)NC2COc3ccccc3C2)C1. The average molecular weight is 318 g/mol. The molecule has 1 heterocycles. The molecule has 126 valence electrons. The second-order valence-corrected chi connectivity index (χ2v) is 6.42. The Morgan fingerprint density at radius 1 is 1.35 bits per heavy atom. The van der Waals surface area contributed by atoms with Gasteiger partial charge in [-0.15, -0.1) is 0 Å². The van der Waals surface area contributed by atoms with E-state index in [0.717, 1.165) is 50.1 Å². The van der Waals surface area contributed by atoms with Crippen molar-refractivity contribution in [3.8, 4) is 5.75 Å². The van der Waals surface area contributed by atoms with E-state index in [-0.39, 0.29) is 12.1 Å². The summed E-state index contributed by atoms with van der Waals surface area (Å²) >= 11 is 0. The molecular formula is C18H26N2O3. The van der Waals surface area contributed by atoms with E-state index in [1.54, 1.807) is 0 Å². The minimum Gasteiger partial charge on any atom is -0.491 e. The lowest BCUT2D eigenvalue weighted by Gasteiger charge is -2.35. The van der Waals surface area contributed by atoms with Gasteiger partial charge in [-0.2, -0.15) is 0 Å². The molecule has 0 aromatic heterocycles. The predicted molar refractivity (Wildman–Crippen MR) is 88.7 cm³/mol. The van der Waals surface area contributed by atoms with Crippen LogP contribution in [0.4, 0.5) is 4.79 Å². The van der Waals surface area contributed by atoms with Gasteiger partial charge in [0.2, 0.25) is 0 Å². The number of carbonyl (C=O) groups excluding carboxylic acids is 1. The third-order valence-corrected chi connectivity index (χ3v) is 4.65. The highest BCUT2D eigenvalue weighted by Gasteiger charge is 2.29. The summed E-state index contributed by atoms with van der Waals surface area (Å²) < 4.78 is 11.2. The average Bonchev–Trinajstić information content (AvgIpc) is 2.52. The highest BCUT2D eigenvalue weighted by molar-refractivity contribution is 5.74. The Kier molecular flexibility index (Phi) is 5.39. The maximum absolute atomic E-state index is 12.0. The Hall–Kier alpha value is -1.75. The first-order valence-corrected chi connectivity index (χ1v) is 8.61. The van der Waals surface area contributed by atoms with Crippen LogP contribution in [-0.4, -0.2) is 37.9 Å². The zero-order valence-electron chi connectivity index (χ0n) is 13.7. The van der Waals surface area contributed by atoms with Gasteiger partial charge in [0.1, 0.15) is 12.4 Å². The highest BCUT2D eigenvalue weighted by Crippen LogP contribution is 2.32. The summed E-state index contributed by atoms with van der Waals surface area (Å²) in [4.78, 5) is 12.0. The minimum atomic E-state index is -0.0985. The van der Waals surface area contributed by atoms with Crippen LogP contribution < -0.4 is 15.4 Å². The van der Waals surface area contributed by atoms with Crippen molar-refractivity contribution in [2.45, 2.75) is 44.8 Å². The maximum Gasteiger partial charge on any atom is 0.315 e. The molecule has 1 aromatic carbocycles. The fourth-order valence-corrected chi connectivity index (χ4v) is 3.33. The number of rotatable bonds is 6. The number of carbonyl (C=O) groups is 1. The fourth-order valence-electron chi connectivity index (χ4n) is 3.33. The summed E-state index contributed by atoms with van der Waals surface area (Å²) in [5, 5.41) is 5.95. The number of nitrogens with one attached hydrogen (secondary N) is 2. The third-order valence-electron chi connectivity index (χ3n) is 4.65. The molecule has 1 unspecified atom stereocenters. The Balaban J connectivity index is 1.32. The summed E-state index contributed by atoms with van der Waals surface area (Å²) in [5.74, 6) is 1.62. The number of fused-ring (bicyclic) bond motifs is 1. The van der Waals surface area contributed by atoms with E-state index in [1.165, 1.54) is 0 Å². The topological polar surface area (TPSA) is 59.6 Å². The van der Waals surface area contributed by atoms with Crippen LogP contribution >= 0.6 is 0 Å². The standard InChI is InChI=1S/C18H26N2O3/c1-2-22-16-9-13(10-16)7-8-19-18(21)20-15-11-14-5-3-4-6-17(14)23-12-15/h3-6,13,15-16H,2,7-12H2,1H3,(H2,19,20,21). The summed E-state index contributed by atoms with van der Waals surface area (Å²) in [6.07, 6.45) is 4.55. The minimum absolute atomic E-state index is 0.0379. The molecule has 2 N–H and O–H groups in total. The Morgan fingerprint density at radius 3 is 3.00 bits per heavy atom. The number of amides is 2. The van der Waals surface area contributed by atoms with Gasteiger partial charge in [-0.3, -0.25) is 0 Å². The number of hydrogen-bond acceptors (Lipinski definition) is 3. The highest BCUT2D eigenvalue weighted by atomic mass is 16.5. The molecule has 0 radical (unpaired) electrons. The fraction of sp³-hybridized carbons (Fsp3) is 0.611. The summed E-state index contributed by atoms with van der Waals surface area (Å²) in [5.41, 5.74) is 1.15. The van der Waals surface area contributed by atoms with Gasteiger partial charge in [0.05, 0.1) is 12.1 Å². The van der Waals surface area contributed by atoms with Crippen LogP contribution in [0.5, 0.6) is 5.75 Å². The molecule has 1 aliphatic carbocycles. The van der Waals surface area contributed by atoms with E-state index in [4.69, 9.17) is 9.47 Å². The van der Waals surface area contributed by atoms with Crippen LogP contribution in [0.3, 0.4) is 0 Å². The molecule has 1 fully saturated rings. The molecular weight excluding hydrogens is 292 g/mol. The van der Waals surface area contributed by atoms with Crippen LogP contribution in [-0.2, 0) is 11.2 Å². The smallest absolute Gasteiger partial charge is 0.315 e. The molecule has 1 saturated carbocycles. The number of hydrogen-bond donors (Lipinski definition) is 2. The van der Waals surface area contributed by atoms with Crippen molar-refractivity contribution in [1.82, 2.24) is 10.6 Å². The van der Waals surface area contributed by atoms with Gasteiger partial charge in [-0.05, 0) is 50.2 Å². The van der Waals surface area contributed by atoms with Crippen molar-refractivity contribution in [3.05, 3.63) is 29.8 Å². The van der Waals surface area contributed by atoms with E-state index < -0.39 is 0 Å². The van der Waals surface area contributed by atoms with Gasteiger partial charge in [0.15, 0.2) is 0 Å². The van der Waals surface area contributed by atoms with Gasteiger partial charge < -0.3 is 20.1 Å². The lowest BCUT2D eigenvalue weighted by atomic mass is 9.80. The van der Waals surface area contributed by atoms with Crippen LogP contribution in [0.15, 0.2) is 24.3 Å². The molecule has 5 nitrogen and oxygen atoms in total. The maximum atomic E-state index is 12.0. The molecule has 3 rings (SSSR count). The van der Waals surface area contributed by atoms with Crippen molar-refractivity contribution < 1.29 is 14.3 Å². The van der Waals surface area contributed by atoms with Gasteiger partial charge in [0.25, 0.3) is 0 Å². The van der Waals surface area contributed by atoms with E-state index in [0.29, 0.717) is 18.6 Å². The molecule has 0 spiro atoms. The number of ether oxygens (including phenoxy) is 2. The van der Waals surface area contributed by atoms with E-state index >= 15 is 0 Å². The molecule has 23 heavy (non-hydrogen) atoms. The first-order chi connectivity index (χ1) is 11.2. The molecule has 2 amide bonds. The summed E-state index contributed by atoms with van der Waals surface area (Å²) in [6.45, 7) is 4.08.